The fraction of sp³-hybridized carbons (Fsp3) is 0.143. The van der Waals surface area contributed by atoms with Gasteiger partial charge in [-0.15, -0.1) is 0 Å². The summed E-state index contributed by atoms with van der Waals surface area (Å²) in [6.45, 7) is 0.626. The Hall–Kier alpha value is -2.05. The summed E-state index contributed by atoms with van der Waals surface area (Å²) in [4.78, 5) is 6.02. The molecule has 0 saturated carbocycles. The first-order chi connectivity index (χ1) is 8.81. The van der Waals surface area contributed by atoms with Crippen molar-refractivity contribution in [2.45, 2.75) is 6.42 Å². The highest BCUT2D eigenvalue weighted by Crippen LogP contribution is 2.26. The van der Waals surface area contributed by atoms with Gasteiger partial charge in [0, 0.05) is 24.1 Å². The van der Waals surface area contributed by atoms with Gasteiger partial charge < -0.3 is 4.90 Å². The maximum absolute atomic E-state index is 8.75. The quantitative estimate of drug-likeness (QED) is 0.783. The first-order valence-corrected chi connectivity index (χ1v) is 6.00. The standard InChI is InChI=1S/C14H12ClN3/c15-14-11-13(7-9-17-14)18(10-4-8-16)12-5-2-1-3-6-12/h1-3,5-7,9,11H,4,10H2. The van der Waals surface area contributed by atoms with E-state index in [0.29, 0.717) is 18.1 Å². The average molecular weight is 258 g/mol. The summed E-state index contributed by atoms with van der Waals surface area (Å²) in [6.07, 6.45) is 2.12. The minimum atomic E-state index is 0.449. The average Bonchev–Trinajstić information content (AvgIpc) is 2.40. The SMILES string of the molecule is N#CCCN(c1ccccc1)c1ccnc(Cl)c1. The molecular weight excluding hydrogens is 246 g/mol. The maximum Gasteiger partial charge on any atom is 0.131 e. The van der Waals surface area contributed by atoms with Crippen LogP contribution in [0.5, 0.6) is 0 Å². The molecule has 18 heavy (non-hydrogen) atoms. The van der Waals surface area contributed by atoms with E-state index in [9.17, 15) is 0 Å². The van der Waals surface area contributed by atoms with Crippen molar-refractivity contribution in [3.63, 3.8) is 0 Å². The molecule has 1 aromatic carbocycles. The summed E-state index contributed by atoms with van der Waals surface area (Å²) in [5.74, 6) is 0. The van der Waals surface area contributed by atoms with Crippen molar-refractivity contribution in [3.05, 3.63) is 53.8 Å². The maximum atomic E-state index is 8.75. The first-order valence-electron chi connectivity index (χ1n) is 5.62. The summed E-state index contributed by atoms with van der Waals surface area (Å²) < 4.78 is 0. The lowest BCUT2D eigenvalue weighted by Gasteiger charge is -2.23. The highest BCUT2D eigenvalue weighted by atomic mass is 35.5. The van der Waals surface area contributed by atoms with E-state index in [2.05, 4.69) is 16.0 Å². The second-order valence-corrected chi connectivity index (χ2v) is 4.12. The Labute approximate surface area is 111 Å². The van der Waals surface area contributed by atoms with Gasteiger partial charge in [0.1, 0.15) is 5.15 Å². The van der Waals surface area contributed by atoms with E-state index in [0.717, 1.165) is 11.4 Å². The molecule has 0 fully saturated rings. The summed E-state index contributed by atoms with van der Waals surface area (Å²) in [5, 5.41) is 9.20. The number of nitrogens with zero attached hydrogens (tertiary/aromatic N) is 3. The first kappa shape index (κ1) is 12.4. The Kier molecular flexibility index (Phi) is 4.16. The van der Waals surface area contributed by atoms with Crippen LogP contribution >= 0.6 is 11.6 Å². The third-order valence-electron chi connectivity index (χ3n) is 2.54. The van der Waals surface area contributed by atoms with Crippen LogP contribution in [0.4, 0.5) is 11.4 Å². The fourth-order valence-corrected chi connectivity index (χ4v) is 1.91. The van der Waals surface area contributed by atoms with Crippen molar-refractivity contribution in [1.29, 1.82) is 5.26 Å². The van der Waals surface area contributed by atoms with E-state index in [1.165, 1.54) is 0 Å². The second kappa shape index (κ2) is 6.04. The van der Waals surface area contributed by atoms with Gasteiger partial charge in [0.25, 0.3) is 0 Å². The molecule has 4 heteroatoms. The number of halogens is 1. The van der Waals surface area contributed by atoms with Gasteiger partial charge in [-0.3, -0.25) is 0 Å². The molecule has 1 heterocycles. The molecule has 0 aliphatic carbocycles. The van der Waals surface area contributed by atoms with Crippen molar-refractivity contribution in [3.8, 4) is 6.07 Å². The molecule has 0 aliphatic heterocycles. The molecule has 0 atom stereocenters. The largest absolute Gasteiger partial charge is 0.340 e. The molecule has 0 bridgehead atoms. The van der Waals surface area contributed by atoms with E-state index in [4.69, 9.17) is 16.9 Å². The number of nitriles is 1. The lowest BCUT2D eigenvalue weighted by Crippen LogP contribution is -2.18. The van der Waals surface area contributed by atoms with Crippen molar-refractivity contribution in [2.24, 2.45) is 0 Å². The van der Waals surface area contributed by atoms with Gasteiger partial charge in [0.05, 0.1) is 12.5 Å². The monoisotopic (exact) mass is 257 g/mol. The minimum Gasteiger partial charge on any atom is -0.340 e. The molecular formula is C14H12ClN3. The molecule has 0 unspecified atom stereocenters. The topological polar surface area (TPSA) is 39.9 Å². The summed E-state index contributed by atoms with van der Waals surface area (Å²) in [6, 6.07) is 15.8. The van der Waals surface area contributed by atoms with Crippen LogP contribution in [-0.2, 0) is 0 Å². The molecule has 2 aromatic rings. The van der Waals surface area contributed by atoms with E-state index < -0.39 is 0 Å². The van der Waals surface area contributed by atoms with Gasteiger partial charge in [-0.2, -0.15) is 5.26 Å². The van der Waals surface area contributed by atoms with Gasteiger partial charge >= 0.3 is 0 Å². The Morgan fingerprint density at radius 2 is 1.94 bits per heavy atom. The van der Waals surface area contributed by atoms with Crippen molar-refractivity contribution in [1.82, 2.24) is 4.98 Å². The van der Waals surface area contributed by atoms with Crippen LogP contribution in [0, 0.1) is 11.3 Å². The summed E-state index contributed by atoms with van der Waals surface area (Å²) in [5.41, 5.74) is 1.98. The minimum absolute atomic E-state index is 0.449. The normalized spacial score (nSPS) is 9.78. The highest BCUT2D eigenvalue weighted by Gasteiger charge is 2.09. The molecule has 0 spiro atoms. The third kappa shape index (κ3) is 2.99. The highest BCUT2D eigenvalue weighted by molar-refractivity contribution is 6.29. The Morgan fingerprint density at radius 3 is 2.61 bits per heavy atom. The lowest BCUT2D eigenvalue weighted by molar-refractivity contribution is 0.946. The van der Waals surface area contributed by atoms with Crippen LogP contribution in [0.2, 0.25) is 5.15 Å². The Balaban J connectivity index is 2.34. The van der Waals surface area contributed by atoms with Crippen molar-refractivity contribution >= 4 is 23.0 Å². The summed E-state index contributed by atoms with van der Waals surface area (Å²) in [7, 11) is 0. The van der Waals surface area contributed by atoms with Gasteiger partial charge in [0.15, 0.2) is 0 Å². The van der Waals surface area contributed by atoms with E-state index >= 15 is 0 Å². The fourth-order valence-electron chi connectivity index (χ4n) is 1.74. The van der Waals surface area contributed by atoms with Gasteiger partial charge in [-0.25, -0.2) is 4.98 Å². The number of hydrogen-bond donors (Lipinski definition) is 0. The number of anilines is 2. The smallest absolute Gasteiger partial charge is 0.131 e. The zero-order valence-corrected chi connectivity index (χ0v) is 10.5. The van der Waals surface area contributed by atoms with E-state index in [1.54, 1.807) is 12.3 Å². The van der Waals surface area contributed by atoms with Crippen LogP contribution in [0.15, 0.2) is 48.7 Å². The zero-order chi connectivity index (χ0) is 12.8. The second-order valence-electron chi connectivity index (χ2n) is 3.73. The van der Waals surface area contributed by atoms with E-state index in [-0.39, 0.29) is 0 Å². The summed E-state index contributed by atoms with van der Waals surface area (Å²) >= 11 is 5.91. The zero-order valence-electron chi connectivity index (χ0n) is 9.75. The van der Waals surface area contributed by atoms with Gasteiger partial charge in [-0.1, -0.05) is 29.8 Å². The number of hydrogen-bond acceptors (Lipinski definition) is 3. The van der Waals surface area contributed by atoms with Crippen molar-refractivity contribution in [2.75, 3.05) is 11.4 Å². The predicted molar refractivity (Wildman–Crippen MR) is 72.9 cm³/mol. The molecule has 0 amide bonds. The molecule has 0 saturated heterocycles. The van der Waals surface area contributed by atoms with Crippen LogP contribution < -0.4 is 4.90 Å². The van der Waals surface area contributed by atoms with Crippen LogP contribution in [0.3, 0.4) is 0 Å². The molecule has 90 valence electrons. The van der Waals surface area contributed by atoms with Gasteiger partial charge in [0.2, 0.25) is 0 Å². The Bertz CT molecular complexity index is 548. The van der Waals surface area contributed by atoms with Gasteiger partial charge in [-0.05, 0) is 24.3 Å². The van der Waals surface area contributed by atoms with Crippen LogP contribution in [0.1, 0.15) is 6.42 Å². The molecule has 0 radical (unpaired) electrons. The Morgan fingerprint density at radius 1 is 1.17 bits per heavy atom. The molecule has 0 N–H and O–H groups in total. The molecule has 2 rings (SSSR count). The number of aromatic nitrogens is 1. The molecule has 3 nitrogen and oxygen atoms in total. The van der Waals surface area contributed by atoms with Crippen LogP contribution in [0.25, 0.3) is 0 Å². The number of pyridine rings is 1. The van der Waals surface area contributed by atoms with Crippen LogP contribution in [-0.4, -0.2) is 11.5 Å². The predicted octanol–water partition coefficient (Wildman–Crippen LogP) is 3.79. The lowest BCUT2D eigenvalue weighted by atomic mass is 10.2. The number of para-hydroxylation sites is 1. The van der Waals surface area contributed by atoms with E-state index in [1.807, 2.05) is 36.4 Å². The molecule has 0 aliphatic rings. The van der Waals surface area contributed by atoms with Crippen molar-refractivity contribution < 1.29 is 0 Å². The third-order valence-corrected chi connectivity index (χ3v) is 2.74. The number of benzene rings is 1. The number of rotatable bonds is 4. The molecule has 1 aromatic heterocycles.